The Balaban J connectivity index is 1.69. The molecule has 2 aromatic carbocycles. The third-order valence-corrected chi connectivity index (χ3v) is 8.17. The van der Waals surface area contributed by atoms with Gasteiger partial charge in [-0.3, -0.25) is 0 Å². The molecule has 1 atom stereocenters. The zero-order valence-electron chi connectivity index (χ0n) is 26.3. The van der Waals surface area contributed by atoms with Gasteiger partial charge in [0.05, 0.1) is 0 Å². The van der Waals surface area contributed by atoms with Crippen molar-refractivity contribution in [3.63, 3.8) is 0 Å². The minimum Gasteiger partial charge on any atom is -0.474 e. The molecule has 0 saturated carbocycles. The Kier molecular flexibility index (Phi) is 9.91. The fourth-order valence-electron chi connectivity index (χ4n) is 5.91. The van der Waals surface area contributed by atoms with Crippen LogP contribution in [0.3, 0.4) is 0 Å². The van der Waals surface area contributed by atoms with Crippen molar-refractivity contribution in [3.8, 4) is 18.2 Å². The highest BCUT2D eigenvalue weighted by molar-refractivity contribution is 5.62. The minimum absolute atomic E-state index is 0.00913. The molecule has 0 bridgehead atoms. The molecule has 45 heavy (non-hydrogen) atoms. The number of anilines is 1. The molecule has 1 aliphatic heterocycles. The lowest BCUT2D eigenvalue weighted by atomic mass is 9.75. The highest BCUT2D eigenvalue weighted by Crippen LogP contribution is 2.47. The molecule has 228 valence electrons. The molecule has 0 fully saturated rings. The van der Waals surface area contributed by atoms with Crippen molar-refractivity contribution in [3.05, 3.63) is 129 Å². The Bertz CT molecular complexity index is 1770. The Morgan fingerprint density at radius 2 is 1.60 bits per heavy atom. The van der Waals surface area contributed by atoms with Crippen molar-refractivity contribution in [1.82, 2.24) is 0 Å². The molecule has 0 amide bonds. The molecule has 1 unspecified atom stereocenters. The summed E-state index contributed by atoms with van der Waals surface area (Å²) in [4.78, 5) is 2.31. The van der Waals surface area contributed by atoms with Crippen molar-refractivity contribution in [2.45, 2.75) is 53.1 Å². The second kappa shape index (κ2) is 13.6. The number of hydrogen-bond acceptors (Lipinski definition) is 5. The molecule has 0 N–H and O–H groups in total. The summed E-state index contributed by atoms with van der Waals surface area (Å²) >= 11 is 0. The van der Waals surface area contributed by atoms with Crippen LogP contribution in [-0.4, -0.2) is 13.1 Å². The zero-order valence-corrected chi connectivity index (χ0v) is 26.3. The molecule has 7 heteroatoms. The van der Waals surface area contributed by atoms with Gasteiger partial charge < -0.3 is 9.64 Å². The van der Waals surface area contributed by atoms with Crippen molar-refractivity contribution >= 4 is 11.8 Å². The van der Waals surface area contributed by atoms with E-state index in [-0.39, 0.29) is 27.9 Å². The molecule has 5 nitrogen and oxygen atoms in total. The standard InChI is InChI=1S/C38H36F2N4O/c1-6-44(7-2)31-16-13-26(14-17-31)11-12-28-19-27(21-37(3,4)22-28)9-8-10-33-32(25-43)36(29(23-41)24-42)45-38(33,5)30-15-18-34(39)35(40)20-30/h8-20H,6-7,21-22H2,1-5H3/b10-8+,12-11+,27-9-. The predicted molar refractivity (Wildman–Crippen MR) is 173 cm³/mol. The van der Waals surface area contributed by atoms with E-state index >= 15 is 0 Å². The van der Waals surface area contributed by atoms with Gasteiger partial charge >= 0.3 is 0 Å². The van der Waals surface area contributed by atoms with E-state index < -0.39 is 17.2 Å². The van der Waals surface area contributed by atoms with Crippen LogP contribution in [0.1, 0.15) is 58.6 Å². The molecule has 1 aliphatic carbocycles. The van der Waals surface area contributed by atoms with Gasteiger partial charge in [0.2, 0.25) is 0 Å². The number of nitriles is 3. The fraction of sp³-hybridized carbons (Fsp3) is 0.289. The van der Waals surface area contributed by atoms with E-state index in [1.807, 2.05) is 6.08 Å². The Morgan fingerprint density at radius 3 is 2.20 bits per heavy atom. The third-order valence-electron chi connectivity index (χ3n) is 8.17. The molecular formula is C38H36F2N4O. The van der Waals surface area contributed by atoms with Gasteiger partial charge in [0, 0.05) is 29.9 Å². The number of allylic oxidation sites excluding steroid dienone is 8. The summed E-state index contributed by atoms with van der Waals surface area (Å²) < 4.78 is 34.1. The van der Waals surface area contributed by atoms with Gasteiger partial charge in [0.1, 0.15) is 23.8 Å². The Morgan fingerprint density at radius 1 is 0.911 bits per heavy atom. The highest BCUT2D eigenvalue weighted by Gasteiger charge is 2.44. The monoisotopic (exact) mass is 602 g/mol. The van der Waals surface area contributed by atoms with Crippen molar-refractivity contribution in [2.75, 3.05) is 18.0 Å². The maximum Gasteiger partial charge on any atom is 0.172 e. The zero-order chi connectivity index (χ0) is 32.8. The third kappa shape index (κ3) is 7.14. The van der Waals surface area contributed by atoms with Gasteiger partial charge in [0.25, 0.3) is 0 Å². The van der Waals surface area contributed by atoms with Gasteiger partial charge in [-0.05, 0) is 80.0 Å². The average Bonchev–Trinajstić information content (AvgIpc) is 3.30. The molecule has 1 heterocycles. The van der Waals surface area contributed by atoms with Crippen LogP contribution in [0, 0.1) is 51.0 Å². The Labute approximate surface area is 264 Å². The maximum absolute atomic E-state index is 14.3. The first kappa shape index (κ1) is 32.7. The molecular weight excluding hydrogens is 566 g/mol. The first-order valence-corrected chi connectivity index (χ1v) is 14.9. The largest absolute Gasteiger partial charge is 0.474 e. The van der Waals surface area contributed by atoms with Crippen molar-refractivity contribution in [1.29, 1.82) is 15.8 Å². The molecule has 0 spiro atoms. The first-order chi connectivity index (χ1) is 21.5. The summed E-state index contributed by atoms with van der Waals surface area (Å²) in [5, 5.41) is 29.1. The molecule has 2 aromatic rings. The summed E-state index contributed by atoms with van der Waals surface area (Å²) in [7, 11) is 0. The van der Waals surface area contributed by atoms with Gasteiger partial charge in [0.15, 0.2) is 28.6 Å². The lowest BCUT2D eigenvalue weighted by Crippen LogP contribution is -2.24. The van der Waals surface area contributed by atoms with Crippen LogP contribution in [0.25, 0.3) is 6.08 Å². The number of halogens is 2. The molecule has 0 aromatic heterocycles. The van der Waals surface area contributed by atoms with E-state index in [1.54, 1.807) is 31.2 Å². The van der Waals surface area contributed by atoms with E-state index in [0.29, 0.717) is 5.57 Å². The molecule has 0 saturated heterocycles. The van der Waals surface area contributed by atoms with Crippen LogP contribution in [0.4, 0.5) is 14.5 Å². The van der Waals surface area contributed by atoms with E-state index in [4.69, 9.17) is 4.74 Å². The van der Waals surface area contributed by atoms with Gasteiger partial charge in [-0.1, -0.05) is 68.5 Å². The first-order valence-electron chi connectivity index (χ1n) is 14.9. The van der Waals surface area contributed by atoms with Crippen molar-refractivity contribution in [2.24, 2.45) is 5.41 Å². The second-order valence-electron chi connectivity index (χ2n) is 12.0. The minimum atomic E-state index is -1.45. The summed E-state index contributed by atoms with van der Waals surface area (Å²) in [5.41, 5.74) is 3.34. The summed E-state index contributed by atoms with van der Waals surface area (Å²) in [6.07, 6.45) is 13.6. The van der Waals surface area contributed by atoms with Crippen molar-refractivity contribution < 1.29 is 13.5 Å². The fourth-order valence-corrected chi connectivity index (χ4v) is 5.91. The summed E-state index contributed by atoms with van der Waals surface area (Å²) in [6.45, 7) is 12.2. The maximum atomic E-state index is 14.3. The molecule has 2 aliphatic rings. The smallest absolute Gasteiger partial charge is 0.172 e. The van der Waals surface area contributed by atoms with Crippen LogP contribution in [0.15, 0.2) is 106 Å². The van der Waals surface area contributed by atoms with Crippen LogP contribution >= 0.6 is 0 Å². The number of hydrogen-bond donors (Lipinski definition) is 0. The topological polar surface area (TPSA) is 83.8 Å². The summed E-state index contributed by atoms with van der Waals surface area (Å²) in [6, 6.07) is 17.5. The summed E-state index contributed by atoms with van der Waals surface area (Å²) in [5.74, 6) is -2.28. The Hall–Kier alpha value is -5.19. The number of nitrogens with zero attached hydrogens (tertiary/aromatic N) is 4. The lowest BCUT2D eigenvalue weighted by molar-refractivity contribution is 0.0750. The number of rotatable bonds is 8. The predicted octanol–water partition coefficient (Wildman–Crippen LogP) is 9.12. The SMILES string of the molecule is CCN(CC)c1ccc(/C=C/C2=CC(=C/C=C/C3=C(C#N)C(=C(C#N)C#N)OC3(C)c3ccc(F)c(F)c3)/CC(C)(C)C2)cc1. The lowest BCUT2D eigenvalue weighted by Gasteiger charge is -2.30. The normalized spacial score (nSPS) is 20.1. The quantitative estimate of drug-likeness (QED) is 0.281. The van der Waals surface area contributed by atoms with Gasteiger partial charge in [-0.2, -0.15) is 15.8 Å². The number of benzene rings is 2. The van der Waals surface area contributed by atoms with E-state index in [2.05, 4.69) is 81.2 Å². The second-order valence-corrected chi connectivity index (χ2v) is 12.0. The molecule has 0 radical (unpaired) electrons. The van der Waals surface area contributed by atoms with Gasteiger partial charge in [-0.15, -0.1) is 0 Å². The van der Waals surface area contributed by atoms with Crippen LogP contribution < -0.4 is 4.90 Å². The number of ether oxygens (including phenoxy) is 1. The molecule has 4 rings (SSSR count). The van der Waals surface area contributed by atoms with E-state index in [9.17, 15) is 24.6 Å². The van der Waals surface area contributed by atoms with E-state index in [1.165, 1.54) is 17.3 Å². The average molecular weight is 603 g/mol. The van der Waals surface area contributed by atoms with Crippen LogP contribution in [0.2, 0.25) is 0 Å². The van der Waals surface area contributed by atoms with E-state index in [0.717, 1.165) is 49.2 Å². The highest BCUT2D eigenvalue weighted by atomic mass is 19.2. The van der Waals surface area contributed by atoms with Crippen LogP contribution in [-0.2, 0) is 10.3 Å². The van der Waals surface area contributed by atoms with Crippen LogP contribution in [0.5, 0.6) is 0 Å². The van der Waals surface area contributed by atoms with Gasteiger partial charge in [-0.25, -0.2) is 8.78 Å².